The molecule has 0 saturated carbocycles. The van der Waals surface area contributed by atoms with Crippen molar-refractivity contribution in [3.63, 3.8) is 0 Å². The van der Waals surface area contributed by atoms with Gasteiger partial charge in [-0.2, -0.15) is 0 Å². The predicted molar refractivity (Wildman–Crippen MR) is 86.2 cm³/mol. The van der Waals surface area contributed by atoms with Gasteiger partial charge in [-0.3, -0.25) is 4.79 Å². The maximum Gasteiger partial charge on any atom is 0.339 e. The molecule has 6 nitrogen and oxygen atoms in total. The standard InChI is InChI=1S/C17H17NO5/c1-10(19)18-14-7-5-4-6-11(14)12-8-13(17(20)21)16(23-3)9-15(12)22-2/h4-9H,1-3H3,(H,18,19)(H,20,21). The lowest BCUT2D eigenvalue weighted by Gasteiger charge is -2.16. The summed E-state index contributed by atoms with van der Waals surface area (Å²) in [5, 5.41) is 12.1. The first kappa shape index (κ1) is 16.4. The van der Waals surface area contributed by atoms with Crippen LogP contribution < -0.4 is 14.8 Å². The molecule has 0 aromatic heterocycles. The predicted octanol–water partition coefficient (Wildman–Crippen LogP) is 3.03. The van der Waals surface area contributed by atoms with E-state index in [9.17, 15) is 14.7 Å². The smallest absolute Gasteiger partial charge is 0.339 e. The van der Waals surface area contributed by atoms with E-state index < -0.39 is 5.97 Å². The molecule has 0 bridgehead atoms. The number of anilines is 1. The average Bonchev–Trinajstić information content (AvgIpc) is 2.53. The van der Waals surface area contributed by atoms with E-state index in [1.54, 1.807) is 24.3 Å². The van der Waals surface area contributed by atoms with Crippen LogP contribution in [-0.4, -0.2) is 31.2 Å². The number of rotatable bonds is 5. The molecule has 0 aliphatic carbocycles. The van der Waals surface area contributed by atoms with Gasteiger partial charge in [0.05, 0.1) is 14.2 Å². The molecule has 0 radical (unpaired) electrons. The van der Waals surface area contributed by atoms with Crippen molar-refractivity contribution in [2.24, 2.45) is 0 Å². The van der Waals surface area contributed by atoms with Crippen molar-refractivity contribution in [1.29, 1.82) is 0 Å². The third-order valence-electron chi connectivity index (χ3n) is 3.28. The van der Waals surface area contributed by atoms with E-state index in [0.29, 0.717) is 22.6 Å². The van der Waals surface area contributed by atoms with Crippen molar-refractivity contribution in [3.05, 3.63) is 42.0 Å². The van der Waals surface area contributed by atoms with Gasteiger partial charge in [-0.1, -0.05) is 18.2 Å². The van der Waals surface area contributed by atoms with Crippen LogP contribution in [0.2, 0.25) is 0 Å². The number of nitrogens with one attached hydrogen (secondary N) is 1. The van der Waals surface area contributed by atoms with Crippen molar-refractivity contribution in [2.75, 3.05) is 19.5 Å². The minimum Gasteiger partial charge on any atom is -0.496 e. The SMILES string of the molecule is COc1cc(OC)c(-c2ccccc2NC(C)=O)cc1C(=O)O. The minimum absolute atomic E-state index is 0.0147. The molecular formula is C17H17NO5. The Morgan fingerprint density at radius 2 is 1.65 bits per heavy atom. The molecule has 23 heavy (non-hydrogen) atoms. The van der Waals surface area contributed by atoms with E-state index in [-0.39, 0.29) is 17.2 Å². The molecule has 1 amide bonds. The Morgan fingerprint density at radius 1 is 1.00 bits per heavy atom. The number of hydrogen-bond acceptors (Lipinski definition) is 4. The average molecular weight is 315 g/mol. The molecule has 0 unspecified atom stereocenters. The van der Waals surface area contributed by atoms with Crippen molar-refractivity contribution in [3.8, 4) is 22.6 Å². The number of benzene rings is 2. The second-order valence-corrected chi connectivity index (χ2v) is 4.78. The summed E-state index contributed by atoms with van der Waals surface area (Å²) in [5.74, 6) is -0.675. The lowest BCUT2D eigenvalue weighted by molar-refractivity contribution is -0.114. The maximum absolute atomic E-state index is 11.4. The highest BCUT2D eigenvalue weighted by atomic mass is 16.5. The van der Waals surface area contributed by atoms with Gasteiger partial charge in [0.25, 0.3) is 0 Å². The molecule has 0 atom stereocenters. The van der Waals surface area contributed by atoms with Crippen LogP contribution in [0.4, 0.5) is 5.69 Å². The molecule has 0 aliphatic rings. The zero-order valence-corrected chi connectivity index (χ0v) is 13.0. The number of carbonyl (C=O) groups is 2. The van der Waals surface area contributed by atoms with Crippen LogP contribution in [0.5, 0.6) is 11.5 Å². The summed E-state index contributed by atoms with van der Waals surface area (Å²) >= 11 is 0. The van der Waals surface area contributed by atoms with Crippen LogP contribution >= 0.6 is 0 Å². The van der Waals surface area contributed by atoms with Crippen LogP contribution in [0.3, 0.4) is 0 Å². The van der Waals surface area contributed by atoms with Crippen molar-refractivity contribution in [1.82, 2.24) is 0 Å². The summed E-state index contributed by atoms with van der Waals surface area (Å²) in [6.45, 7) is 1.41. The number of hydrogen-bond donors (Lipinski definition) is 2. The molecule has 0 saturated heterocycles. The molecule has 120 valence electrons. The molecule has 0 aliphatic heterocycles. The van der Waals surface area contributed by atoms with Gasteiger partial charge in [0, 0.05) is 29.8 Å². The van der Waals surface area contributed by atoms with E-state index in [1.807, 2.05) is 0 Å². The number of carbonyl (C=O) groups excluding carboxylic acids is 1. The Hall–Kier alpha value is -3.02. The van der Waals surface area contributed by atoms with Crippen LogP contribution in [0.15, 0.2) is 36.4 Å². The van der Waals surface area contributed by atoms with E-state index in [1.165, 1.54) is 33.3 Å². The highest BCUT2D eigenvalue weighted by Crippen LogP contribution is 2.39. The first-order valence-electron chi connectivity index (χ1n) is 6.84. The van der Waals surface area contributed by atoms with Gasteiger partial charge in [-0.25, -0.2) is 4.79 Å². The monoisotopic (exact) mass is 315 g/mol. The summed E-state index contributed by atoms with van der Waals surface area (Å²) in [4.78, 5) is 22.8. The normalized spacial score (nSPS) is 10.0. The molecule has 6 heteroatoms. The lowest BCUT2D eigenvalue weighted by atomic mass is 9.99. The number of amides is 1. The van der Waals surface area contributed by atoms with Crippen molar-refractivity contribution >= 4 is 17.6 Å². The van der Waals surface area contributed by atoms with E-state index in [2.05, 4.69) is 5.32 Å². The number of carboxylic acids is 1. The lowest BCUT2D eigenvalue weighted by Crippen LogP contribution is -2.07. The minimum atomic E-state index is -1.11. The molecule has 0 spiro atoms. The van der Waals surface area contributed by atoms with Gasteiger partial charge in [0.2, 0.25) is 5.91 Å². The van der Waals surface area contributed by atoms with Gasteiger partial charge < -0.3 is 19.9 Å². The van der Waals surface area contributed by atoms with Crippen LogP contribution in [0, 0.1) is 0 Å². The Bertz CT molecular complexity index is 755. The summed E-state index contributed by atoms with van der Waals surface area (Å²) < 4.78 is 10.5. The molecule has 0 fully saturated rings. The molecule has 0 heterocycles. The van der Waals surface area contributed by atoms with Crippen molar-refractivity contribution in [2.45, 2.75) is 6.92 Å². The summed E-state index contributed by atoms with van der Waals surface area (Å²) in [7, 11) is 2.88. The van der Waals surface area contributed by atoms with Gasteiger partial charge >= 0.3 is 5.97 Å². The Labute approximate surface area is 133 Å². The zero-order chi connectivity index (χ0) is 17.0. The van der Waals surface area contributed by atoms with Crippen molar-refractivity contribution < 1.29 is 24.2 Å². The fraction of sp³-hybridized carbons (Fsp3) is 0.176. The zero-order valence-electron chi connectivity index (χ0n) is 13.0. The molecule has 2 aromatic rings. The van der Waals surface area contributed by atoms with Gasteiger partial charge in [-0.15, -0.1) is 0 Å². The molecule has 2 N–H and O–H groups in total. The second-order valence-electron chi connectivity index (χ2n) is 4.78. The van der Waals surface area contributed by atoms with Crippen LogP contribution in [-0.2, 0) is 4.79 Å². The fourth-order valence-electron chi connectivity index (χ4n) is 2.29. The van der Waals surface area contributed by atoms with E-state index >= 15 is 0 Å². The second kappa shape index (κ2) is 6.83. The third kappa shape index (κ3) is 3.42. The van der Waals surface area contributed by atoms with Gasteiger partial charge in [0.1, 0.15) is 17.1 Å². The highest BCUT2D eigenvalue weighted by Gasteiger charge is 2.19. The van der Waals surface area contributed by atoms with Gasteiger partial charge in [-0.05, 0) is 12.1 Å². The number of para-hydroxylation sites is 1. The Balaban J connectivity index is 2.70. The summed E-state index contributed by atoms with van der Waals surface area (Å²) in [5.41, 5.74) is 1.79. The molecule has 2 rings (SSSR count). The number of methoxy groups -OCH3 is 2. The largest absolute Gasteiger partial charge is 0.496 e. The van der Waals surface area contributed by atoms with Gasteiger partial charge in [0.15, 0.2) is 0 Å². The number of carboxylic acid groups (broad SMARTS) is 1. The molecular weight excluding hydrogens is 298 g/mol. The fourth-order valence-corrected chi connectivity index (χ4v) is 2.29. The van der Waals surface area contributed by atoms with E-state index in [0.717, 1.165) is 0 Å². The summed E-state index contributed by atoms with van der Waals surface area (Å²) in [6, 6.07) is 10.1. The molecule has 2 aromatic carbocycles. The quantitative estimate of drug-likeness (QED) is 0.886. The Morgan fingerprint density at radius 3 is 2.22 bits per heavy atom. The van der Waals surface area contributed by atoms with Crippen LogP contribution in [0.25, 0.3) is 11.1 Å². The summed E-state index contributed by atoms with van der Waals surface area (Å²) in [6.07, 6.45) is 0. The first-order chi connectivity index (χ1) is 11.0. The Kier molecular flexibility index (Phi) is 4.85. The third-order valence-corrected chi connectivity index (χ3v) is 3.28. The number of aromatic carboxylic acids is 1. The topological polar surface area (TPSA) is 84.9 Å². The maximum atomic E-state index is 11.4. The van der Waals surface area contributed by atoms with E-state index in [4.69, 9.17) is 9.47 Å². The van der Waals surface area contributed by atoms with Crippen LogP contribution in [0.1, 0.15) is 17.3 Å². The highest BCUT2D eigenvalue weighted by molar-refractivity contribution is 5.98. The number of ether oxygens (including phenoxy) is 2. The first-order valence-corrected chi connectivity index (χ1v) is 6.84.